The summed E-state index contributed by atoms with van der Waals surface area (Å²) in [6.45, 7) is 5.56. The Bertz CT molecular complexity index is 986. The van der Waals surface area contributed by atoms with Crippen LogP contribution in [-0.4, -0.2) is 43.0 Å². The number of ether oxygens (including phenoxy) is 2. The van der Waals surface area contributed by atoms with E-state index in [2.05, 4.69) is 5.32 Å². The number of rotatable bonds is 6. The molecule has 33 heavy (non-hydrogen) atoms. The minimum absolute atomic E-state index is 0.00879. The lowest BCUT2D eigenvalue weighted by Crippen LogP contribution is -2.44. The molecule has 6 heteroatoms. The van der Waals surface area contributed by atoms with Gasteiger partial charge in [0.1, 0.15) is 11.5 Å². The number of piperidine rings is 1. The third kappa shape index (κ3) is 5.49. The smallest absolute Gasteiger partial charge is 0.257 e. The molecule has 2 amide bonds. The number of nitrogens with one attached hydrogen (secondary N) is 1. The number of benzene rings is 2. The maximum absolute atomic E-state index is 13.3. The quantitative estimate of drug-likeness (QED) is 0.641. The number of hydrogen-bond acceptors (Lipinski definition) is 4. The summed E-state index contributed by atoms with van der Waals surface area (Å²) in [5, 5.41) is 2.89. The number of amides is 2. The van der Waals surface area contributed by atoms with Crippen molar-refractivity contribution in [2.45, 2.75) is 52.1 Å². The molecule has 1 saturated carbocycles. The summed E-state index contributed by atoms with van der Waals surface area (Å²) in [7, 11) is 1.55. The van der Waals surface area contributed by atoms with Gasteiger partial charge in [-0.25, -0.2) is 0 Å². The maximum Gasteiger partial charge on any atom is 0.257 e. The monoisotopic (exact) mass is 450 g/mol. The number of methoxy groups -OCH3 is 1. The molecule has 0 unspecified atom stereocenters. The molecule has 2 fully saturated rings. The Balaban J connectivity index is 1.43. The van der Waals surface area contributed by atoms with Gasteiger partial charge in [0, 0.05) is 30.4 Å². The topological polar surface area (TPSA) is 67.9 Å². The van der Waals surface area contributed by atoms with E-state index in [1.165, 1.54) is 25.7 Å². The normalized spacial score (nSPS) is 20.2. The van der Waals surface area contributed by atoms with Crippen LogP contribution in [0, 0.1) is 11.8 Å². The molecule has 6 nitrogen and oxygen atoms in total. The van der Waals surface area contributed by atoms with E-state index < -0.39 is 0 Å². The van der Waals surface area contributed by atoms with E-state index in [4.69, 9.17) is 9.47 Å². The van der Waals surface area contributed by atoms with E-state index in [0.29, 0.717) is 28.5 Å². The summed E-state index contributed by atoms with van der Waals surface area (Å²) < 4.78 is 11.2. The fourth-order valence-electron chi connectivity index (χ4n) is 5.06. The second-order valence-corrected chi connectivity index (χ2v) is 9.40. The van der Waals surface area contributed by atoms with Gasteiger partial charge in [-0.2, -0.15) is 0 Å². The maximum atomic E-state index is 13.3. The van der Waals surface area contributed by atoms with Crippen LogP contribution < -0.4 is 14.8 Å². The molecule has 4 rings (SSSR count). The highest BCUT2D eigenvalue weighted by Crippen LogP contribution is 2.37. The van der Waals surface area contributed by atoms with Crippen LogP contribution in [0.5, 0.6) is 11.5 Å². The van der Waals surface area contributed by atoms with Gasteiger partial charge in [0.05, 0.1) is 18.8 Å². The lowest BCUT2D eigenvalue weighted by atomic mass is 9.75. The molecule has 1 heterocycles. The van der Waals surface area contributed by atoms with Crippen LogP contribution in [-0.2, 0) is 0 Å². The van der Waals surface area contributed by atoms with E-state index in [9.17, 15) is 9.59 Å². The highest BCUT2D eigenvalue weighted by molar-refractivity contribution is 6.05. The van der Waals surface area contributed by atoms with Crippen LogP contribution in [0.4, 0.5) is 5.69 Å². The summed E-state index contributed by atoms with van der Waals surface area (Å²) in [5.74, 6) is 2.38. The number of nitrogens with zero attached hydrogens (tertiary/aromatic N) is 1. The first-order valence-corrected chi connectivity index (χ1v) is 12.0. The van der Waals surface area contributed by atoms with Gasteiger partial charge in [0.15, 0.2) is 0 Å². The Hall–Kier alpha value is -3.02. The Morgan fingerprint density at radius 3 is 2.42 bits per heavy atom. The minimum atomic E-state index is -0.230. The van der Waals surface area contributed by atoms with Crippen molar-refractivity contribution in [3.05, 3.63) is 53.6 Å². The van der Waals surface area contributed by atoms with Crippen molar-refractivity contribution in [3.63, 3.8) is 0 Å². The van der Waals surface area contributed by atoms with Gasteiger partial charge >= 0.3 is 0 Å². The fraction of sp³-hybridized carbons (Fsp3) is 0.481. The first kappa shape index (κ1) is 23.1. The Labute approximate surface area is 196 Å². The van der Waals surface area contributed by atoms with Crippen LogP contribution >= 0.6 is 0 Å². The summed E-state index contributed by atoms with van der Waals surface area (Å²) in [6, 6.07) is 12.3. The van der Waals surface area contributed by atoms with Gasteiger partial charge in [0.25, 0.3) is 11.8 Å². The van der Waals surface area contributed by atoms with Crippen molar-refractivity contribution in [2.75, 3.05) is 25.5 Å². The van der Waals surface area contributed by atoms with Gasteiger partial charge in [0.2, 0.25) is 0 Å². The zero-order valence-electron chi connectivity index (χ0n) is 19.8. The standard InChI is InChI=1S/C27H34N2O4/c1-18(2)33-23-11-8-20(9-12-23)26(30)28-22-10-13-24(25(16-22)32-3)27(31)29-15-14-19-6-4-5-7-21(19)17-29/h8-13,16,18-19,21H,4-7,14-15,17H2,1-3H3,(H,28,30)/t19-,21+/m1/s1. The first-order valence-electron chi connectivity index (χ1n) is 12.0. The lowest BCUT2D eigenvalue weighted by Gasteiger charge is -2.41. The first-order chi connectivity index (χ1) is 15.9. The predicted octanol–water partition coefficient (Wildman–Crippen LogP) is 5.39. The molecule has 0 spiro atoms. The molecule has 2 atom stereocenters. The largest absolute Gasteiger partial charge is 0.496 e. The van der Waals surface area contributed by atoms with Gasteiger partial charge in [-0.3, -0.25) is 9.59 Å². The molecule has 0 radical (unpaired) electrons. The molecular formula is C27H34N2O4. The molecular weight excluding hydrogens is 416 g/mol. The Morgan fingerprint density at radius 2 is 1.73 bits per heavy atom. The molecule has 1 aliphatic heterocycles. The van der Waals surface area contributed by atoms with E-state index in [1.807, 2.05) is 18.7 Å². The van der Waals surface area contributed by atoms with E-state index >= 15 is 0 Å². The minimum Gasteiger partial charge on any atom is -0.496 e. The number of anilines is 1. The molecule has 1 N–H and O–H groups in total. The van der Waals surface area contributed by atoms with Crippen LogP contribution in [0.2, 0.25) is 0 Å². The second kappa shape index (κ2) is 10.3. The summed E-state index contributed by atoms with van der Waals surface area (Å²) in [4.78, 5) is 27.9. The summed E-state index contributed by atoms with van der Waals surface area (Å²) in [6.07, 6.45) is 6.29. The molecule has 2 aromatic rings. The van der Waals surface area contributed by atoms with Crippen molar-refractivity contribution >= 4 is 17.5 Å². The predicted molar refractivity (Wildman–Crippen MR) is 129 cm³/mol. The average Bonchev–Trinajstić information content (AvgIpc) is 2.83. The van der Waals surface area contributed by atoms with Crippen molar-refractivity contribution in [1.82, 2.24) is 4.90 Å². The van der Waals surface area contributed by atoms with Crippen LogP contribution in [0.1, 0.15) is 66.7 Å². The fourth-order valence-corrected chi connectivity index (χ4v) is 5.06. The van der Waals surface area contributed by atoms with E-state index in [-0.39, 0.29) is 17.9 Å². The van der Waals surface area contributed by atoms with Crippen LogP contribution in [0.25, 0.3) is 0 Å². The average molecular weight is 451 g/mol. The van der Waals surface area contributed by atoms with Crippen molar-refractivity contribution in [1.29, 1.82) is 0 Å². The number of likely N-dealkylation sites (tertiary alicyclic amines) is 1. The van der Waals surface area contributed by atoms with Crippen molar-refractivity contribution in [3.8, 4) is 11.5 Å². The van der Waals surface area contributed by atoms with Gasteiger partial charge < -0.3 is 19.7 Å². The summed E-state index contributed by atoms with van der Waals surface area (Å²) in [5.41, 5.74) is 1.66. The summed E-state index contributed by atoms with van der Waals surface area (Å²) >= 11 is 0. The molecule has 0 aromatic heterocycles. The van der Waals surface area contributed by atoms with E-state index in [1.54, 1.807) is 49.6 Å². The highest BCUT2D eigenvalue weighted by Gasteiger charge is 2.33. The number of carbonyl (C=O) groups is 2. The van der Waals surface area contributed by atoms with E-state index in [0.717, 1.165) is 31.2 Å². The molecule has 2 aromatic carbocycles. The third-order valence-electron chi connectivity index (χ3n) is 6.76. The number of fused-ring (bicyclic) bond motifs is 1. The third-order valence-corrected chi connectivity index (χ3v) is 6.76. The second-order valence-electron chi connectivity index (χ2n) is 9.40. The van der Waals surface area contributed by atoms with Crippen LogP contribution in [0.15, 0.2) is 42.5 Å². The SMILES string of the molecule is COc1cc(NC(=O)c2ccc(OC(C)C)cc2)ccc1C(=O)N1CC[C@H]2CCCC[C@H]2C1. The zero-order chi connectivity index (χ0) is 23.4. The van der Waals surface area contributed by atoms with Crippen molar-refractivity contribution in [2.24, 2.45) is 11.8 Å². The zero-order valence-corrected chi connectivity index (χ0v) is 19.8. The van der Waals surface area contributed by atoms with Gasteiger partial charge in [-0.1, -0.05) is 19.3 Å². The lowest BCUT2D eigenvalue weighted by molar-refractivity contribution is 0.0518. The Kier molecular flexibility index (Phi) is 7.21. The highest BCUT2D eigenvalue weighted by atomic mass is 16.5. The van der Waals surface area contributed by atoms with Crippen LogP contribution in [0.3, 0.4) is 0 Å². The Morgan fingerprint density at radius 1 is 1.00 bits per heavy atom. The van der Waals surface area contributed by atoms with Crippen molar-refractivity contribution < 1.29 is 19.1 Å². The number of hydrogen-bond donors (Lipinski definition) is 1. The molecule has 176 valence electrons. The molecule has 1 saturated heterocycles. The van der Waals surface area contributed by atoms with Gasteiger partial charge in [-0.15, -0.1) is 0 Å². The number of carbonyl (C=O) groups excluding carboxylic acids is 2. The molecule has 0 bridgehead atoms. The molecule has 1 aliphatic carbocycles. The molecule has 2 aliphatic rings. The van der Waals surface area contributed by atoms with Gasteiger partial charge in [-0.05, 0) is 74.9 Å².